The molecule has 136 valence electrons. The van der Waals surface area contributed by atoms with Crippen molar-refractivity contribution in [2.75, 3.05) is 0 Å². The first-order chi connectivity index (χ1) is 13.2. The van der Waals surface area contributed by atoms with E-state index in [0.29, 0.717) is 23.7 Å². The van der Waals surface area contributed by atoms with Crippen LogP contribution in [0.25, 0.3) is 11.4 Å². The number of amides is 3. The van der Waals surface area contributed by atoms with Gasteiger partial charge in [0.2, 0.25) is 11.7 Å². The molecule has 2 N–H and O–H groups in total. The van der Waals surface area contributed by atoms with Crippen LogP contribution in [0.3, 0.4) is 0 Å². The highest BCUT2D eigenvalue weighted by atomic mass is 16.5. The van der Waals surface area contributed by atoms with Crippen molar-refractivity contribution >= 4 is 11.9 Å². The van der Waals surface area contributed by atoms with Crippen LogP contribution in [-0.4, -0.2) is 28.1 Å². The number of hydrogen-bond donors (Lipinski definition) is 2. The standard InChI is InChI=1S/C19H16N4O4/c24-18-14(20-19(25)22-18)10-16-21-17(23-27-16)13-8-4-5-9-15(13)26-11-12-6-2-1-3-7-12/h1-9,14H,10-11H2,(H2,20,22,24,25)/t14-/m0/s1. The van der Waals surface area contributed by atoms with Crippen LogP contribution < -0.4 is 15.4 Å². The van der Waals surface area contributed by atoms with Crippen LogP contribution in [0.5, 0.6) is 5.75 Å². The third-order valence-electron chi connectivity index (χ3n) is 4.07. The van der Waals surface area contributed by atoms with E-state index in [1.165, 1.54) is 0 Å². The summed E-state index contributed by atoms with van der Waals surface area (Å²) in [6.45, 7) is 0.414. The number of rotatable bonds is 6. The quantitative estimate of drug-likeness (QED) is 0.649. The molecular weight excluding hydrogens is 348 g/mol. The Morgan fingerprint density at radius 1 is 1.04 bits per heavy atom. The molecule has 0 saturated carbocycles. The van der Waals surface area contributed by atoms with Crippen LogP contribution in [0, 0.1) is 0 Å². The second-order valence-electron chi connectivity index (χ2n) is 6.00. The van der Waals surface area contributed by atoms with Gasteiger partial charge >= 0.3 is 6.03 Å². The Hall–Kier alpha value is -3.68. The number of benzene rings is 2. The zero-order valence-corrected chi connectivity index (χ0v) is 14.2. The van der Waals surface area contributed by atoms with Gasteiger partial charge in [-0.3, -0.25) is 10.1 Å². The zero-order valence-electron chi connectivity index (χ0n) is 14.2. The Kier molecular flexibility index (Phi) is 4.52. The van der Waals surface area contributed by atoms with E-state index in [9.17, 15) is 9.59 Å². The molecule has 3 aromatic rings. The summed E-state index contributed by atoms with van der Waals surface area (Å²) in [5.74, 6) is 0.829. The Bertz CT molecular complexity index is 971. The van der Waals surface area contributed by atoms with E-state index in [1.54, 1.807) is 0 Å². The van der Waals surface area contributed by atoms with Crippen molar-refractivity contribution in [2.45, 2.75) is 19.1 Å². The fraction of sp³-hybridized carbons (Fsp3) is 0.158. The molecule has 0 aliphatic carbocycles. The summed E-state index contributed by atoms with van der Waals surface area (Å²) < 4.78 is 11.1. The maximum absolute atomic E-state index is 11.6. The number of carbonyl (C=O) groups is 2. The monoisotopic (exact) mass is 364 g/mol. The van der Waals surface area contributed by atoms with Gasteiger partial charge in [0.05, 0.1) is 12.0 Å². The van der Waals surface area contributed by atoms with E-state index in [1.807, 2.05) is 54.6 Å². The number of para-hydroxylation sites is 1. The normalized spacial score (nSPS) is 16.1. The molecule has 0 bridgehead atoms. The average molecular weight is 364 g/mol. The van der Waals surface area contributed by atoms with Gasteiger partial charge in [-0.15, -0.1) is 0 Å². The minimum Gasteiger partial charge on any atom is -0.488 e. The number of nitrogens with zero attached hydrogens (tertiary/aromatic N) is 2. The molecule has 1 aliphatic heterocycles. The van der Waals surface area contributed by atoms with Crippen LogP contribution in [0.1, 0.15) is 11.5 Å². The predicted octanol–water partition coefficient (Wildman–Crippen LogP) is 2.07. The fourth-order valence-electron chi connectivity index (χ4n) is 2.74. The molecule has 2 heterocycles. The molecule has 8 heteroatoms. The second-order valence-corrected chi connectivity index (χ2v) is 6.00. The number of nitrogens with one attached hydrogen (secondary N) is 2. The molecule has 0 unspecified atom stereocenters. The zero-order chi connectivity index (χ0) is 18.6. The topological polar surface area (TPSA) is 106 Å². The lowest BCUT2D eigenvalue weighted by Gasteiger charge is -2.09. The maximum atomic E-state index is 11.6. The third kappa shape index (κ3) is 3.79. The summed E-state index contributed by atoms with van der Waals surface area (Å²) >= 11 is 0. The van der Waals surface area contributed by atoms with Gasteiger partial charge in [-0.25, -0.2) is 4.79 Å². The summed E-state index contributed by atoms with van der Waals surface area (Å²) in [7, 11) is 0. The first-order valence-electron chi connectivity index (χ1n) is 8.39. The fourth-order valence-corrected chi connectivity index (χ4v) is 2.74. The van der Waals surface area contributed by atoms with Crippen molar-refractivity contribution in [3.63, 3.8) is 0 Å². The average Bonchev–Trinajstić information content (AvgIpc) is 3.27. The van der Waals surface area contributed by atoms with Gasteiger partial charge in [0, 0.05) is 0 Å². The van der Waals surface area contributed by atoms with Gasteiger partial charge < -0.3 is 14.6 Å². The predicted molar refractivity (Wildman–Crippen MR) is 94.7 cm³/mol. The Morgan fingerprint density at radius 2 is 1.81 bits per heavy atom. The van der Waals surface area contributed by atoms with Crippen LogP contribution >= 0.6 is 0 Å². The molecule has 1 saturated heterocycles. The van der Waals surface area contributed by atoms with Gasteiger partial charge in [0.25, 0.3) is 5.91 Å². The Labute approximate surface area is 154 Å². The second kappa shape index (κ2) is 7.28. The van der Waals surface area contributed by atoms with Gasteiger partial charge in [0.15, 0.2) is 0 Å². The maximum Gasteiger partial charge on any atom is 0.322 e. The lowest BCUT2D eigenvalue weighted by Crippen LogP contribution is -2.31. The summed E-state index contributed by atoms with van der Waals surface area (Å²) in [6, 6.07) is 16.0. The van der Waals surface area contributed by atoms with Gasteiger partial charge in [0.1, 0.15) is 18.4 Å². The number of imide groups is 1. The summed E-state index contributed by atoms with van der Waals surface area (Å²) in [5.41, 5.74) is 1.73. The third-order valence-corrected chi connectivity index (χ3v) is 4.07. The van der Waals surface area contributed by atoms with Crippen LogP contribution in [0.2, 0.25) is 0 Å². The van der Waals surface area contributed by atoms with Crippen LogP contribution in [0.15, 0.2) is 59.1 Å². The molecule has 1 aromatic heterocycles. The SMILES string of the molecule is O=C1NC(=O)[C@H](Cc2nc(-c3ccccc3OCc3ccccc3)no2)N1. The minimum atomic E-state index is -0.713. The van der Waals surface area contributed by atoms with Crippen molar-refractivity contribution in [1.29, 1.82) is 0 Å². The number of aromatic nitrogens is 2. The Balaban J connectivity index is 1.50. The van der Waals surface area contributed by atoms with Crippen molar-refractivity contribution < 1.29 is 18.8 Å². The van der Waals surface area contributed by atoms with Crippen LogP contribution in [0.4, 0.5) is 4.79 Å². The first-order valence-corrected chi connectivity index (χ1v) is 8.39. The molecule has 0 radical (unpaired) electrons. The van der Waals surface area contributed by atoms with E-state index < -0.39 is 18.0 Å². The highest BCUT2D eigenvalue weighted by Crippen LogP contribution is 2.28. The lowest BCUT2D eigenvalue weighted by molar-refractivity contribution is -0.120. The van der Waals surface area contributed by atoms with E-state index in [-0.39, 0.29) is 12.3 Å². The summed E-state index contributed by atoms with van der Waals surface area (Å²) in [4.78, 5) is 27.2. The largest absolute Gasteiger partial charge is 0.488 e. The van der Waals surface area contributed by atoms with E-state index in [2.05, 4.69) is 20.8 Å². The van der Waals surface area contributed by atoms with Crippen molar-refractivity contribution in [3.8, 4) is 17.1 Å². The summed E-state index contributed by atoms with van der Waals surface area (Å²) in [6.07, 6.45) is 0.123. The number of urea groups is 1. The van der Waals surface area contributed by atoms with E-state index in [0.717, 1.165) is 5.56 Å². The first kappa shape index (κ1) is 16.8. The molecule has 8 nitrogen and oxygen atoms in total. The molecular formula is C19H16N4O4. The van der Waals surface area contributed by atoms with Gasteiger partial charge in [-0.1, -0.05) is 47.6 Å². The van der Waals surface area contributed by atoms with Crippen LogP contribution in [-0.2, 0) is 17.8 Å². The molecule has 0 spiro atoms. The molecule has 2 aromatic carbocycles. The summed E-state index contributed by atoms with van der Waals surface area (Å²) in [5, 5.41) is 8.64. The van der Waals surface area contributed by atoms with Crippen molar-refractivity contribution in [3.05, 3.63) is 66.1 Å². The lowest BCUT2D eigenvalue weighted by atomic mass is 10.2. The molecule has 1 aliphatic rings. The molecule has 1 atom stereocenters. The number of ether oxygens (including phenoxy) is 1. The smallest absolute Gasteiger partial charge is 0.322 e. The van der Waals surface area contributed by atoms with E-state index in [4.69, 9.17) is 9.26 Å². The van der Waals surface area contributed by atoms with E-state index >= 15 is 0 Å². The number of carbonyl (C=O) groups excluding carboxylic acids is 2. The highest BCUT2D eigenvalue weighted by Gasteiger charge is 2.31. The molecule has 27 heavy (non-hydrogen) atoms. The van der Waals surface area contributed by atoms with Gasteiger partial charge in [-0.2, -0.15) is 4.98 Å². The molecule has 3 amide bonds. The van der Waals surface area contributed by atoms with Crippen molar-refractivity contribution in [1.82, 2.24) is 20.8 Å². The number of hydrogen-bond acceptors (Lipinski definition) is 6. The molecule has 1 fully saturated rings. The minimum absolute atomic E-state index is 0.123. The Morgan fingerprint density at radius 3 is 2.59 bits per heavy atom. The van der Waals surface area contributed by atoms with Crippen molar-refractivity contribution in [2.24, 2.45) is 0 Å². The molecule has 4 rings (SSSR count). The van der Waals surface area contributed by atoms with Gasteiger partial charge in [-0.05, 0) is 17.7 Å². The highest BCUT2D eigenvalue weighted by molar-refractivity contribution is 6.04.